The number of carboxylic acid groups (broad SMARTS) is 1. The minimum atomic E-state index is -4.22. The highest BCUT2D eigenvalue weighted by molar-refractivity contribution is 5.78. The maximum Gasteiger partial charge on any atom is 0.401 e. The zero-order chi connectivity index (χ0) is 15.3. The molecule has 2 N–H and O–H groups in total. The molecule has 0 radical (unpaired) electrons. The van der Waals surface area contributed by atoms with Crippen molar-refractivity contribution in [1.82, 2.24) is 10.2 Å². The summed E-state index contributed by atoms with van der Waals surface area (Å²) in [5.74, 6) is -0.986. The molecule has 0 aliphatic heterocycles. The third kappa shape index (κ3) is 8.05. The Morgan fingerprint density at radius 3 is 2.26 bits per heavy atom. The van der Waals surface area contributed by atoms with E-state index in [1.807, 2.05) is 13.8 Å². The number of carbonyl (C=O) groups is 1. The van der Waals surface area contributed by atoms with E-state index in [2.05, 4.69) is 5.32 Å². The summed E-state index contributed by atoms with van der Waals surface area (Å²) >= 11 is 0. The molecule has 1 unspecified atom stereocenters. The predicted molar refractivity (Wildman–Crippen MR) is 67.1 cm³/mol. The van der Waals surface area contributed by atoms with Gasteiger partial charge in [0.15, 0.2) is 0 Å². The molecule has 0 heterocycles. The molecule has 0 aromatic carbocycles. The summed E-state index contributed by atoms with van der Waals surface area (Å²) in [5.41, 5.74) is -1.10. The van der Waals surface area contributed by atoms with Crippen molar-refractivity contribution in [3.8, 4) is 0 Å². The molecule has 0 aromatic heterocycles. The lowest BCUT2D eigenvalue weighted by molar-refractivity contribution is -0.146. The SMILES string of the molecule is CC(C)NC(C)(CCCN(C)CC(F)(F)F)C(=O)O. The fourth-order valence-electron chi connectivity index (χ4n) is 1.97. The van der Waals surface area contributed by atoms with E-state index in [-0.39, 0.29) is 19.0 Å². The molecule has 0 bridgehead atoms. The molecule has 0 saturated heterocycles. The summed E-state index contributed by atoms with van der Waals surface area (Å²) in [6, 6.07) is -0.00555. The molecule has 0 spiro atoms. The number of rotatable bonds is 8. The first-order valence-electron chi connectivity index (χ1n) is 6.22. The van der Waals surface area contributed by atoms with Crippen molar-refractivity contribution in [2.45, 2.75) is 51.4 Å². The van der Waals surface area contributed by atoms with Gasteiger partial charge in [-0.1, -0.05) is 0 Å². The number of hydrogen-bond donors (Lipinski definition) is 2. The van der Waals surface area contributed by atoms with Gasteiger partial charge in [-0.2, -0.15) is 13.2 Å². The maximum atomic E-state index is 12.1. The molecular weight excluding hydrogens is 261 g/mol. The summed E-state index contributed by atoms with van der Waals surface area (Å²) < 4.78 is 36.4. The Balaban J connectivity index is 4.24. The zero-order valence-corrected chi connectivity index (χ0v) is 11.8. The predicted octanol–water partition coefficient (Wildman–Crippen LogP) is 2.10. The quantitative estimate of drug-likeness (QED) is 0.717. The standard InChI is InChI=1S/C12H23F3N2O2/c1-9(2)16-11(3,10(18)19)6-5-7-17(4)8-12(13,14)15/h9,16H,5-8H2,1-4H3,(H,18,19). The Morgan fingerprint density at radius 2 is 1.89 bits per heavy atom. The zero-order valence-electron chi connectivity index (χ0n) is 11.8. The number of halogens is 3. The van der Waals surface area contributed by atoms with Crippen molar-refractivity contribution in [2.24, 2.45) is 0 Å². The van der Waals surface area contributed by atoms with Gasteiger partial charge in [-0.3, -0.25) is 15.0 Å². The average molecular weight is 284 g/mol. The summed E-state index contributed by atoms with van der Waals surface area (Å²) in [6.45, 7) is 4.45. The Bertz CT molecular complexity index is 295. The molecule has 7 heteroatoms. The lowest BCUT2D eigenvalue weighted by atomic mass is 9.95. The van der Waals surface area contributed by atoms with Gasteiger partial charge >= 0.3 is 12.1 Å². The van der Waals surface area contributed by atoms with Crippen LogP contribution in [0.15, 0.2) is 0 Å². The van der Waals surface area contributed by atoms with Crippen LogP contribution in [0.5, 0.6) is 0 Å². The van der Waals surface area contributed by atoms with Crippen LogP contribution in [0, 0.1) is 0 Å². The van der Waals surface area contributed by atoms with Gasteiger partial charge in [-0.25, -0.2) is 0 Å². The van der Waals surface area contributed by atoms with E-state index in [0.717, 1.165) is 4.90 Å². The summed E-state index contributed by atoms with van der Waals surface area (Å²) in [6.07, 6.45) is -3.56. The van der Waals surface area contributed by atoms with E-state index in [4.69, 9.17) is 0 Å². The van der Waals surface area contributed by atoms with Crippen LogP contribution < -0.4 is 5.32 Å². The first-order valence-corrected chi connectivity index (χ1v) is 6.22. The number of alkyl halides is 3. The van der Waals surface area contributed by atoms with E-state index >= 15 is 0 Å². The molecule has 4 nitrogen and oxygen atoms in total. The van der Waals surface area contributed by atoms with Crippen molar-refractivity contribution in [3.63, 3.8) is 0 Å². The molecule has 1 atom stereocenters. The molecular formula is C12H23F3N2O2. The van der Waals surface area contributed by atoms with Crippen molar-refractivity contribution < 1.29 is 23.1 Å². The number of aliphatic carboxylic acids is 1. The van der Waals surface area contributed by atoms with Crippen LogP contribution in [0.3, 0.4) is 0 Å². The highest BCUT2D eigenvalue weighted by Gasteiger charge is 2.33. The first kappa shape index (κ1) is 18.2. The van der Waals surface area contributed by atoms with Crippen LogP contribution >= 0.6 is 0 Å². The monoisotopic (exact) mass is 284 g/mol. The van der Waals surface area contributed by atoms with Crippen LogP contribution in [0.25, 0.3) is 0 Å². The lowest BCUT2D eigenvalue weighted by Crippen LogP contribution is -2.52. The van der Waals surface area contributed by atoms with Gasteiger partial charge in [0, 0.05) is 6.04 Å². The molecule has 0 fully saturated rings. The van der Waals surface area contributed by atoms with Gasteiger partial charge < -0.3 is 5.11 Å². The van der Waals surface area contributed by atoms with Crippen molar-refractivity contribution >= 4 is 5.97 Å². The van der Waals surface area contributed by atoms with Crippen molar-refractivity contribution in [3.05, 3.63) is 0 Å². The Morgan fingerprint density at radius 1 is 1.37 bits per heavy atom. The minimum Gasteiger partial charge on any atom is -0.480 e. The van der Waals surface area contributed by atoms with E-state index in [1.54, 1.807) is 6.92 Å². The molecule has 0 aliphatic carbocycles. The van der Waals surface area contributed by atoms with Gasteiger partial charge in [-0.15, -0.1) is 0 Å². The average Bonchev–Trinajstić information content (AvgIpc) is 2.12. The topological polar surface area (TPSA) is 52.6 Å². The van der Waals surface area contributed by atoms with Gasteiger partial charge in [-0.05, 0) is 47.2 Å². The normalized spacial score (nSPS) is 15.8. The smallest absolute Gasteiger partial charge is 0.401 e. The van der Waals surface area contributed by atoms with Gasteiger partial charge in [0.1, 0.15) is 5.54 Å². The first-order chi connectivity index (χ1) is 8.46. The fraction of sp³-hybridized carbons (Fsp3) is 0.917. The molecule has 0 rings (SSSR count). The Labute approximate surface area is 112 Å². The van der Waals surface area contributed by atoms with E-state index in [0.29, 0.717) is 6.42 Å². The maximum absolute atomic E-state index is 12.1. The van der Waals surface area contributed by atoms with Crippen molar-refractivity contribution in [2.75, 3.05) is 20.1 Å². The number of hydrogen-bond acceptors (Lipinski definition) is 3. The van der Waals surface area contributed by atoms with E-state index in [9.17, 15) is 23.1 Å². The van der Waals surface area contributed by atoms with Gasteiger partial charge in [0.25, 0.3) is 0 Å². The highest BCUT2D eigenvalue weighted by Crippen LogP contribution is 2.18. The summed E-state index contributed by atoms with van der Waals surface area (Å²) in [5, 5.41) is 12.1. The third-order valence-electron chi connectivity index (χ3n) is 2.75. The van der Waals surface area contributed by atoms with Gasteiger partial charge in [0.05, 0.1) is 6.54 Å². The third-order valence-corrected chi connectivity index (χ3v) is 2.75. The van der Waals surface area contributed by atoms with Crippen molar-refractivity contribution in [1.29, 1.82) is 0 Å². The second-order valence-electron chi connectivity index (χ2n) is 5.39. The molecule has 0 saturated carbocycles. The Kier molecular flexibility index (Phi) is 6.79. The summed E-state index contributed by atoms with van der Waals surface area (Å²) in [7, 11) is 1.38. The molecule has 0 amide bonds. The lowest BCUT2D eigenvalue weighted by Gasteiger charge is -2.29. The van der Waals surface area contributed by atoms with Crippen LogP contribution in [-0.2, 0) is 4.79 Å². The van der Waals surface area contributed by atoms with Crippen LogP contribution in [0.2, 0.25) is 0 Å². The highest BCUT2D eigenvalue weighted by atomic mass is 19.4. The number of nitrogens with zero attached hydrogens (tertiary/aromatic N) is 1. The van der Waals surface area contributed by atoms with E-state index < -0.39 is 24.2 Å². The largest absolute Gasteiger partial charge is 0.480 e. The number of carboxylic acids is 1. The summed E-state index contributed by atoms with van der Waals surface area (Å²) in [4.78, 5) is 12.4. The van der Waals surface area contributed by atoms with Gasteiger partial charge in [0.2, 0.25) is 0 Å². The second kappa shape index (κ2) is 7.09. The van der Waals surface area contributed by atoms with Crippen LogP contribution in [0.4, 0.5) is 13.2 Å². The van der Waals surface area contributed by atoms with E-state index in [1.165, 1.54) is 7.05 Å². The fourth-order valence-corrected chi connectivity index (χ4v) is 1.97. The van der Waals surface area contributed by atoms with Crippen LogP contribution in [0.1, 0.15) is 33.6 Å². The molecule has 114 valence electrons. The molecule has 0 aliphatic rings. The number of nitrogens with one attached hydrogen (secondary N) is 1. The minimum absolute atomic E-state index is 0.00555. The Hall–Kier alpha value is -0.820. The second-order valence-corrected chi connectivity index (χ2v) is 5.39. The molecule has 0 aromatic rings. The van der Waals surface area contributed by atoms with Crippen LogP contribution in [-0.4, -0.2) is 53.9 Å². The molecule has 19 heavy (non-hydrogen) atoms.